The Morgan fingerprint density at radius 2 is 1.44 bits per heavy atom. The average molecular weight is 591 g/mol. The third-order valence-corrected chi connectivity index (χ3v) is 3.59. The Bertz CT molecular complexity index is 574. The van der Waals surface area contributed by atoms with Crippen LogP contribution < -0.4 is 5.73 Å². The summed E-state index contributed by atoms with van der Waals surface area (Å²) in [6, 6.07) is 8.24. The number of alkyl halides is 1. The molecule has 158 valence electrons. The lowest BCUT2D eigenvalue weighted by atomic mass is 10.2. The summed E-state index contributed by atoms with van der Waals surface area (Å²) in [7, 11) is 0. The molecule has 0 aromatic heterocycles. The largest absolute Gasteiger partial charge is 0.487 e. The highest BCUT2D eigenvalue weighted by Crippen LogP contribution is 2.26. The minimum atomic E-state index is -3.81. The van der Waals surface area contributed by atoms with E-state index < -0.39 is 11.9 Å². The molecule has 7 N–H and O–H groups in total. The predicted octanol–water partition coefficient (Wildman–Crippen LogP) is 3.74. The summed E-state index contributed by atoms with van der Waals surface area (Å²) in [4.78, 5) is 24.4. The summed E-state index contributed by atoms with van der Waals surface area (Å²) < 4.78 is 1.25. The number of nitrogens with zero attached hydrogens (tertiary/aromatic N) is 1. The minimum Gasteiger partial charge on any atom is -0.487 e. The highest BCUT2D eigenvalue weighted by atomic mass is 127. The van der Waals surface area contributed by atoms with Gasteiger partial charge in [-0.2, -0.15) is 0 Å². The first-order chi connectivity index (χ1) is 12.1. The molecule has 0 amide bonds. The SMILES string of the molecule is CC(Cl)c1ccc(I)cc1.CCN(CC)C(O)=S.NC(O)=S.OP(O)(O)=S. The molecule has 0 bridgehead atoms. The molecule has 13 heteroatoms. The molecule has 7 nitrogen and oxygen atoms in total. The van der Waals surface area contributed by atoms with E-state index in [2.05, 4.69) is 88.8 Å². The van der Waals surface area contributed by atoms with Crippen molar-refractivity contribution in [2.45, 2.75) is 26.1 Å². The van der Waals surface area contributed by atoms with Gasteiger partial charge in [0.15, 0.2) is 0 Å². The normalized spacial score (nSPS) is 10.5. The lowest BCUT2D eigenvalue weighted by Crippen LogP contribution is -2.28. The van der Waals surface area contributed by atoms with Crippen molar-refractivity contribution in [1.29, 1.82) is 0 Å². The van der Waals surface area contributed by atoms with E-state index in [0.717, 1.165) is 13.1 Å². The number of hydrogen-bond donors (Lipinski definition) is 6. The van der Waals surface area contributed by atoms with Crippen molar-refractivity contribution in [3.63, 3.8) is 0 Å². The number of benzene rings is 1. The molecule has 0 saturated heterocycles. The molecular formula is C14H25ClIN2O5PS3. The number of halogens is 2. The van der Waals surface area contributed by atoms with Crippen LogP contribution in [0.1, 0.15) is 31.7 Å². The molecule has 0 saturated carbocycles. The van der Waals surface area contributed by atoms with Gasteiger partial charge in [-0.05, 0) is 97.3 Å². The molecule has 0 fully saturated rings. The molecule has 1 aromatic carbocycles. The molecule has 0 radical (unpaired) electrons. The van der Waals surface area contributed by atoms with E-state index in [1.165, 1.54) is 9.13 Å². The average Bonchev–Trinajstić information content (AvgIpc) is 2.47. The fourth-order valence-electron chi connectivity index (χ4n) is 1.22. The number of aliphatic hydroxyl groups is 2. The van der Waals surface area contributed by atoms with Crippen LogP contribution in [0.3, 0.4) is 0 Å². The third-order valence-electron chi connectivity index (χ3n) is 2.36. The Kier molecular flexibility index (Phi) is 21.5. The molecule has 0 spiro atoms. The molecule has 1 aromatic rings. The summed E-state index contributed by atoms with van der Waals surface area (Å²) in [5.41, 5.74) is 5.58. The summed E-state index contributed by atoms with van der Waals surface area (Å²) in [6.45, 7) is 3.64. The fourth-order valence-corrected chi connectivity index (χ4v) is 1.99. The second-order valence-corrected chi connectivity index (χ2v) is 9.65. The van der Waals surface area contributed by atoms with Crippen molar-refractivity contribution in [3.05, 3.63) is 33.4 Å². The quantitative estimate of drug-likeness (QED) is 0.134. The zero-order chi connectivity index (χ0) is 22.2. The summed E-state index contributed by atoms with van der Waals surface area (Å²) in [5.74, 6) is 0. The maximum absolute atomic E-state index is 8.67. The van der Waals surface area contributed by atoms with Crippen molar-refractivity contribution in [2.75, 3.05) is 13.1 Å². The number of nitrogens with two attached hydrogens (primary N) is 1. The first kappa shape index (κ1) is 31.8. The van der Waals surface area contributed by atoms with Crippen molar-refractivity contribution in [2.24, 2.45) is 5.73 Å². The predicted molar refractivity (Wildman–Crippen MR) is 132 cm³/mol. The monoisotopic (exact) mass is 590 g/mol. The van der Waals surface area contributed by atoms with E-state index in [1.54, 1.807) is 4.90 Å². The van der Waals surface area contributed by atoms with Gasteiger partial charge in [-0.15, -0.1) is 11.6 Å². The van der Waals surface area contributed by atoms with Crippen LogP contribution in [0.4, 0.5) is 0 Å². The molecule has 27 heavy (non-hydrogen) atoms. The zero-order valence-corrected chi connectivity index (χ0v) is 21.2. The van der Waals surface area contributed by atoms with Gasteiger partial charge in [0.1, 0.15) is 0 Å². The number of aliphatic hydroxyl groups excluding tert-OH is 2. The van der Waals surface area contributed by atoms with E-state index in [9.17, 15) is 0 Å². The van der Waals surface area contributed by atoms with Crippen molar-refractivity contribution < 1.29 is 24.9 Å². The number of hydrogen-bond acceptors (Lipinski definition) is 3. The van der Waals surface area contributed by atoms with Crippen LogP contribution in [-0.4, -0.2) is 53.2 Å². The maximum Gasteiger partial charge on any atom is 0.319 e. The zero-order valence-electron chi connectivity index (χ0n) is 15.0. The van der Waals surface area contributed by atoms with E-state index in [1.807, 2.05) is 20.8 Å². The summed E-state index contributed by atoms with van der Waals surface area (Å²) in [5, 5.41) is 15.9. The number of rotatable bonds is 3. The molecule has 0 aliphatic carbocycles. The van der Waals surface area contributed by atoms with Gasteiger partial charge in [0.25, 0.3) is 10.3 Å². The Balaban J connectivity index is -0.000000305. The van der Waals surface area contributed by atoms with Crippen LogP contribution in [0.25, 0.3) is 0 Å². The van der Waals surface area contributed by atoms with Crippen LogP contribution in [0.5, 0.6) is 0 Å². The first-order valence-corrected chi connectivity index (χ1v) is 12.3. The van der Waals surface area contributed by atoms with Crippen LogP contribution in [0, 0.1) is 3.57 Å². The maximum atomic E-state index is 8.67. The van der Waals surface area contributed by atoms with Gasteiger partial charge >= 0.3 is 6.72 Å². The van der Waals surface area contributed by atoms with E-state index in [0.29, 0.717) is 0 Å². The second kappa shape index (κ2) is 18.2. The van der Waals surface area contributed by atoms with Crippen LogP contribution >= 0.6 is 65.3 Å². The van der Waals surface area contributed by atoms with E-state index in [-0.39, 0.29) is 10.6 Å². The van der Waals surface area contributed by atoms with E-state index >= 15 is 0 Å². The van der Waals surface area contributed by atoms with Gasteiger partial charge < -0.3 is 35.5 Å². The third kappa shape index (κ3) is 31.1. The molecule has 1 rings (SSSR count). The lowest BCUT2D eigenvalue weighted by Gasteiger charge is -2.15. The van der Waals surface area contributed by atoms with Crippen molar-refractivity contribution in [3.8, 4) is 0 Å². The van der Waals surface area contributed by atoms with Gasteiger partial charge in [0, 0.05) is 16.7 Å². The van der Waals surface area contributed by atoms with Gasteiger partial charge in [-0.3, -0.25) is 0 Å². The molecular weight excluding hydrogens is 566 g/mol. The lowest BCUT2D eigenvalue weighted by molar-refractivity contribution is 0.363. The Morgan fingerprint density at radius 1 is 1.15 bits per heavy atom. The van der Waals surface area contributed by atoms with Crippen LogP contribution in [-0.2, 0) is 11.8 Å². The van der Waals surface area contributed by atoms with Gasteiger partial charge in [0.05, 0.1) is 5.38 Å². The fraction of sp³-hybridized carbons (Fsp3) is 0.429. The van der Waals surface area contributed by atoms with Crippen LogP contribution in [0.15, 0.2) is 24.3 Å². The smallest absolute Gasteiger partial charge is 0.319 e. The highest BCUT2D eigenvalue weighted by molar-refractivity contribution is 14.1. The molecule has 1 unspecified atom stereocenters. The van der Waals surface area contributed by atoms with Gasteiger partial charge in [-0.1, -0.05) is 12.1 Å². The van der Waals surface area contributed by atoms with Crippen molar-refractivity contribution >= 4 is 87.5 Å². The second-order valence-electron chi connectivity index (χ2n) is 4.47. The molecule has 0 aliphatic heterocycles. The topological polar surface area (TPSA) is 130 Å². The summed E-state index contributed by atoms with van der Waals surface area (Å²) in [6.07, 6.45) is 0. The standard InChI is InChI=1S/C8H8ClI.C5H11NOS.CH3NOS.H3O3PS/c1-6(9)7-2-4-8(10)5-3-7;1-3-6(4-2)5(7)8;2-1(3)4;1-4(2,3)5/h2-6H,1H3;3-4H2,1-2H3,(H,7,8);(H3,2,3,4);(H3,1,2,3,5). The summed E-state index contributed by atoms with van der Waals surface area (Å²) >= 11 is 20.1. The molecule has 1 atom stereocenters. The first-order valence-electron chi connectivity index (χ1n) is 7.29. The molecule has 0 heterocycles. The van der Waals surface area contributed by atoms with Crippen molar-refractivity contribution in [1.82, 2.24) is 4.90 Å². The number of thiocarbonyl (C=S) groups is 2. The van der Waals surface area contributed by atoms with Crippen LogP contribution in [0.2, 0.25) is 0 Å². The van der Waals surface area contributed by atoms with Gasteiger partial charge in [-0.25, -0.2) is 0 Å². The molecule has 0 aliphatic rings. The Hall–Kier alpha value is 0.150. The van der Waals surface area contributed by atoms with Gasteiger partial charge in [0.2, 0.25) is 0 Å². The minimum absolute atomic E-state index is 0.00463. The Labute approximate surface area is 194 Å². The van der Waals surface area contributed by atoms with E-state index in [4.69, 9.17) is 36.5 Å². The highest BCUT2D eigenvalue weighted by Gasteiger charge is 1.99. The Morgan fingerprint density at radius 3 is 1.59 bits per heavy atom.